The number of esters is 1. The number of aliphatic hydroxyl groups is 1. The van der Waals surface area contributed by atoms with Gasteiger partial charge in [-0.2, -0.15) is 0 Å². The van der Waals surface area contributed by atoms with E-state index in [1.54, 1.807) is 45.9 Å². The molecule has 11 heteroatoms. The van der Waals surface area contributed by atoms with Crippen molar-refractivity contribution >= 4 is 40.7 Å². The molecular formula is C30H39N5O6. The summed E-state index contributed by atoms with van der Waals surface area (Å²) in [6.45, 7) is 8.73. The smallest absolute Gasteiger partial charge is 0.325 e. The molecule has 0 radical (unpaired) electrons. The van der Waals surface area contributed by atoms with Crippen LogP contribution in [-0.2, 0) is 23.9 Å². The molecule has 4 rings (SSSR count). The van der Waals surface area contributed by atoms with Crippen LogP contribution in [0, 0.1) is 11.8 Å². The number of hydrogen-bond donors (Lipinski definition) is 4. The Labute approximate surface area is 239 Å². The third-order valence-electron chi connectivity index (χ3n) is 7.48. The quantitative estimate of drug-likeness (QED) is 0.404. The summed E-state index contributed by atoms with van der Waals surface area (Å²) in [5.41, 5.74) is 4.95. The summed E-state index contributed by atoms with van der Waals surface area (Å²) in [5, 5.41) is 18.1. The minimum atomic E-state index is -1.02. The summed E-state index contributed by atoms with van der Waals surface area (Å²) in [6.07, 6.45) is 2.72. The first-order valence-corrected chi connectivity index (χ1v) is 14.1. The molecule has 2 aliphatic rings. The Balaban J connectivity index is 1.71. The van der Waals surface area contributed by atoms with Crippen molar-refractivity contribution in [2.45, 2.75) is 77.8 Å². The summed E-state index contributed by atoms with van der Waals surface area (Å²) >= 11 is 0. The molecule has 1 aromatic heterocycles. The lowest BCUT2D eigenvalue weighted by Crippen LogP contribution is -2.61. The molecule has 0 aliphatic carbocycles. The number of pyridine rings is 1. The van der Waals surface area contributed by atoms with E-state index in [-0.39, 0.29) is 5.92 Å². The lowest BCUT2D eigenvalue weighted by molar-refractivity contribution is -0.157. The van der Waals surface area contributed by atoms with E-state index in [9.17, 15) is 24.3 Å². The van der Waals surface area contributed by atoms with Crippen LogP contribution in [-0.4, -0.2) is 69.6 Å². The summed E-state index contributed by atoms with van der Waals surface area (Å²) in [6, 6.07) is 6.72. The Morgan fingerprint density at radius 1 is 1.02 bits per heavy atom. The Morgan fingerprint density at radius 3 is 2.46 bits per heavy atom. The molecule has 1 saturated heterocycles. The second kappa shape index (κ2) is 12.8. The number of aromatic nitrogens is 1. The lowest BCUT2D eigenvalue weighted by Gasteiger charge is -2.35. The molecule has 220 valence electrons. The molecule has 1 fully saturated rings. The molecule has 1 aromatic carbocycles. The zero-order chi connectivity index (χ0) is 29.8. The largest absolute Gasteiger partial charge is 0.455 e. The van der Waals surface area contributed by atoms with E-state index in [0.29, 0.717) is 30.6 Å². The van der Waals surface area contributed by atoms with E-state index < -0.39 is 59.9 Å². The number of aliphatic hydroxyl groups excluding tert-OH is 1. The van der Waals surface area contributed by atoms with Gasteiger partial charge in [0, 0.05) is 11.9 Å². The maximum atomic E-state index is 13.3. The van der Waals surface area contributed by atoms with E-state index in [2.05, 4.69) is 16.1 Å². The van der Waals surface area contributed by atoms with Crippen LogP contribution in [0.1, 0.15) is 64.8 Å². The number of cyclic esters (lactones) is 1. The Bertz CT molecular complexity index is 1340. The topological polar surface area (TPSA) is 150 Å². The number of rotatable bonds is 2. The summed E-state index contributed by atoms with van der Waals surface area (Å²) in [5.74, 6) is -3.17. The van der Waals surface area contributed by atoms with Gasteiger partial charge in [-0.25, -0.2) is 10.4 Å². The predicted molar refractivity (Wildman–Crippen MR) is 153 cm³/mol. The number of fused-ring (bicyclic) bond motifs is 4. The van der Waals surface area contributed by atoms with Crippen LogP contribution in [0.4, 0.5) is 0 Å². The van der Waals surface area contributed by atoms with Crippen molar-refractivity contribution < 1.29 is 29.0 Å². The fourth-order valence-electron chi connectivity index (χ4n) is 4.98. The standard InChI is InChI=1S/C30H39N5O6/c1-16(2)26-28(38)31-17(3)29(39)35-14-6-7-24(34-35)30(40)41-19(5)23-13-11-21-10-8-20(15-25(21)32-23)9-12-22(18(4)36)27(37)33-26/h8-13,15-19,22,24,26,34,36H,6-7,14H2,1-5H3,(H,31,38)(H,33,37)/t17-,18-,19+,22+,24-,26-/m0/s1. The highest BCUT2D eigenvalue weighted by molar-refractivity contribution is 5.93. The van der Waals surface area contributed by atoms with Crippen LogP contribution in [0.15, 0.2) is 36.4 Å². The van der Waals surface area contributed by atoms with Gasteiger partial charge < -0.3 is 20.5 Å². The fourth-order valence-corrected chi connectivity index (χ4v) is 4.98. The first kappa shape index (κ1) is 30.1. The number of ether oxygens (including phenoxy) is 1. The first-order chi connectivity index (χ1) is 19.4. The summed E-state index contributed by atoms with van der Waals surface area (Å²) < 4.78 is 5.73. The molecule has 2 aromatic rings. The molecule has 5 bridgehead atoms. The fraction of sp³-hybridized carbons (Fsp3) is 0.500. The lowest BCUT2D eigenvalue weighted by atomic mass is 9.97. The Hall–Kier alpha value is -3.83. The number of carbonyl (C=O) groups excluding carboxylic acids is 4. The van der Waals surface area contributed by atoms with Gasteiger partial charge in [-0.15, -0.1) is 0 Å². The van der Waals surface area contributed by atoms with Gasteiger partial charge in [0.15, 0.2) is 0 Å². The van der Waals surface area contributed by atoms with Crippen molar-refractivity contribution in [1.82, 2.24) is 26.1 Å². The number of hydrogen-bond acceptors (Lipinski definition) is 8. The zero-order valence-corrected chi connectivity index (χ0v) is 24.1. The summed E-state index contributed by atoms with van der Waals surface area (Å²) in [4.78, 5) is 57.4. The van der Waals surface area contributed by atoms with Gasteiger partial charge >= 0.3 is 5.97 Å². The van der Waals surface area contributed by atoms with E-state index >= 15 is 0 Å². The van der Waals surface area contributed by atoms with E-state index in [1.807, 2.05) is 24.3 Å². The second-order valence-corrected chi connectivity index (χ2v) is 11.2. The molecule has 0 saturated carbocycles. The van der Waals surface area contributed by atoms with Crippen LogP contribution in [0.3, 0.4) is 0 Å². The van der Waals surface area contributed by atoms with Gasteiger partial charge in [-0.05, 0) is 57.2 Å². The van der Waals surface area contributed by atoms with Crippen LogP contribution in [0.2, 0.25) is 0 Å². The minimum Gasteiger partial charge on any atom is -0.455 e. The first-order valence-electron chi connectivity index (χ1n) is 14.1. The van der Waals surface area contributed by atoms with Gasteiger partial charge in [0.1, 0.15) is 24.2 Å². The van der Waals surface area contributed by atoms with Crippen molar-refractivity contribution in [3.05, 3.63) is 47.7 Å². The van der Waals surface area contributed by atoms with Crippen molar-refractivity contribution in [3.8, 4) is 0 Å². The molecule has 4 N–H and O–H groups in total. The number of amides is 3. The Morgan fingerprint density at radius 2 is 1.76 bits per heavy atom. The van der Waals surface area contributed by atoms with E-state index in [1.165, 1.54) is 11.9 Å². The molecule has 2 aliphatic heterocycles. The third kappa shape index (κ3) is 7.09. The molecular weight excluding hydrogens is 526 g/mol. The number of nitrogens with one attached hydrogen (secondary N) is 3. The van der Waals surface area contributed by atoms with Gasteiger partial charge in [0.25, 0.3) is 5.91 Å². The highest BCUT2D eigenvalue weighted by Gasteiger charge is 2.34. The van der Waals surface area contributed by atoms with Crippen LogP contribution in [0.5, 0.6) is 0 Å². The van der Waals surface area contributed by atoms with Crippen molar-refractivity contribution in [2.24, 2.45) is 11.8 Å². The van der Waals surface area contributed by atoms with E-state index in [0.717, 1.165) is 10.9 Å². The number of benzene rings is 1. The highest BCUT2D eigenvalue weighted by atomic mass is 16.5. The third-order valence-corrected chi connectivity index (χ3v) is 7.48. The molecule has 11 nitrogen and oxygen atoms in total. The molecule has 3 amide bonds. The molecule has 6 atom stereocenters. The number of carbonyl (C=O) groups is 4. The van der Waals surface area contributed by atoms with Crippen molar-refractivity contribution in [3.63, 3.8) is 0 Å². The molecule has 3 heterocycles. The average Bonchev–Trinajstić information content (AvgIpc) is 2.94. The van der Waals surface area contributed by atoms with Crippen molar-refractivity contribution in [2.75, 3.05) is 6.54 Å². The van der Waals surface area contributed by atoms with Gasteiger partial charge in [0.05, 0.1) is 23.2 Å². The van der Waals surface area contributed by atoms with Gasteiger partial charge in [0.2, 0.25) is 11.8 Å². The van der Waals surface area contributed by atoms with Gasteiger partial charge in [-0.1, -0.05) is 44.2 Å². The SMILES string of the molecule is CC(C)[C@@H]1NC(=O)[C@@H]([C@H](C)O)C=Cc2ccc3ccc(nc3c2)[C@@H](C)OC(=O)[C@@H]2CCCN(N2)C(=O)[C@H](C)NC1=O. The number of hydrazine groups is 1. The summed E-state index contributed by atoms with van der Waals surface area (Å²) in [7, 11) is 0. The Kier molecular flexibility index (Phi) is 9.39. The number of nitrogens with zero attached hydrogens (tertiary/aromatic N) is 2. The zero-order valence-electron chi connectivity index (χ0n) is 24.1. The van der Waals surface area contributed by atoms with Gasteiger partial charge in [-0.3, -0.25) is 24.2 Å². The van der Waals surface area contributed by atoms with E-state index in [4.69, 9.17) is 9.72 Å². The van der Waals surface area contributed by atoms with Crippen molar-refractivity contribution in [1.29, 1.82) is 0 Å². The molecule has 0 spiro atoms. The van der Waals surface area contributed by atoms with Crippen LogP contribution < -0.4 is 16.1 Å². The van der Waals surface area contributed by atoms with Crippen LogP contribution >= 0.6 is 0 Å². The monoisotopic (exact) mass is 565 g/mol. The van der Waals surface area contributed by atoms with Crippen LogP contribution in [0.25, 0.3) is 17.0 Å². The molecule has 0 unspecified atom stereocenters. The maximum Gasteiger partial charge on any atom is 0.325 e. The average molecular weight is 566 g/mol. The highest BCUT2D eigenvalue weighted by Crippen LogP contribution is 2.23. The predicted octanol–water partition coefficient (Wildman–Crippen LogP) is 2.00. The maximum absolute atomic E-state index is 13.3. The second-order valence-electron chi connectivity index (χ2n) is 11.2. The molecule has 41 heavy (non-hydrogen) atoms. The normalized spacial score (nSPS) is 27.4. The minimum absolute atomic E-state index is 0.295.